The molecule has 7 aliphatic rings. The summed E-state index contributed by atoms with van der Waals surface area (Å²) in [6, 6.07) is 12.1. The average molecular weight is 896 g/mol. The fourth-order valence-corrected chi connectivity index (χ4v) is 11.1. The van der Waals surface area contributed by atoms with E-state index in [-0.39, 0.29) is 65.8 Å². The summed E-state index contributed by atoms with van der Waals surface area (Å²) in [5.41, 5.74) is 12.1. The third-order valence-corrected chi connectivity index (χ3v) is 14.5. The molecule has 1 radical (unpaired) electrons. The molecule has 1 aromatic heterocycles. The first kappa shape index (κ1) is 46.2. The van der Waals surface area contributed by atoms with Crippen molar-refractivity contribution in [2.75, 3.05) is 51.3 Å². The van der Waals surface area contributed by atoms with Gasteiger partial charge in [-0.15, -0.1) is 23.2 Å². The number of nitrogens with two attached hydrogens (primary N) is 1. The Bertz CT molecular complexity index is 1910. The number of aromatic nitrogens is 1. The summed E-state index contributed by atoms with van der Waals surface area (Å²) < 4.78 is 18.2. The molecular formula is C48H66N7NiO6. The number of nitrogens with zero attached hydrogens (tertiary/aromatic N) is 5. The van der Waals surface area contributed by atoms with E-state index in [2.05, 4.69) is 60.5 Å². The molecule has 2 bridgehead atoms. The number of likely N-dealkylation sites (tertiary alicyclic amines) is 3. The Morgan fingerprint density at radius 2 is 1.71 bits per heavy atom. The molecule has 62 heavy (non-hydrogen) atoms. The van der Waals surface area contributed by atoms with Crippen molar-refractivity contribution in [1.29, 1.82) is 0 Å². The summed E-state index contributed by atoms with van der Waals surface area (Å²) >= 11 is 0. The molecule has 13 nitrogen and oxygen atoms in total. The van der Waals surface area contributed by atoms with Gasteiger partial charge in [0.25, 0.3) is 0 Å². The summed E-state index contributed by atoms with van der Waals surface area (Å²) in [7, 11) is 1.44. The molecule has 0 amide bonds. The second-order valence-corrected chi connectivity index (χ2v) is 18.4. The Kier molecular flexibility index (Phi) is 14.8. The average Bonchev–Trinajstić information content (AvgIpc) is 3.84. The number of hydrogen-bond acceptors (Lipinski definition) is 13. The number of fused-ring (bicyclic) bond motifs is 2. The van der Waals surface area contributed by atoms with Gasteiger partial charge >= 0.3 is 22.5 Å². The van der Waals surface area contributed by atoms with Crippen molar-refractivity contribution in [3.05, 3.63) is 91.5 Å². The molecule has 6 heterocycles. The number of esters is 1. The van der Waals surface area contributed by atoms with E-state index < -0.39 is 0 Å². The third-order valence-electron chi connectivity index (χ3n) is 14.5. The molecule has 6 fully saturated rings. The number of pyridine rings is 1. The van der Waals surface area contributed by atoms with E-state index in [1.165, 1.54) is 32.8 Å². The van der Waals surface area contributed by atoms with E-state index in [4.69, 9.17) is 24.8 Å². The summed E-state index contributed by atoms with van der Waals surface area (Å²) in [5.74, 6) is 1.75. The van der Waals surface area contributed by atoms with Crippen LogP contribution in [-0.4, -0.2) is 119 Å². The van der Waals surface area contributed by atoms with Crippen LogP contribution < -0.4 is 20.9 Å². The minimum absolute atomic E-state index is 0. The summed E-state index contributed by atoms with van der Waals surface area (Å²) in [4.78, 5) is 33.0. The molecule has 9 rings (SSSR count). The van der Waals surface area contributed by atoms with Crippen LogP contribution in [0.15, 0.2) is 66.2 Å². The normalized spacial score (nSPS) is 28.4. The summed E-state index contributed by atoms with van der Waals surface area (Å²) in [6.45, 7) is 10.0. The van der Waals surface area contributed by atoms with Crippen LogP contribution in [0, 0.1) is 37.5 Å². The molecule has 4 unspecified atom stereocenters. The topological polar surface area (TPSA) is 138 Å². The Morgan fingerprint density at radius 3 is 2.35 bits per heavy atom. The Balaban J connectivity index is 0.00000289. The van der Waals surface area contributed by atoms with Gasteiger partial charge in [-0.25, -0.2) is 17.3 Å². The fourth-order valence-electron chi connectivity index (χ4n) is 11.1. The van der Waals surface area contributed by atoms with Crippen LogP contribution in [0.5, 0.6) is 11.6 Å². The third kappa shape index (κ3) is 9.65. The molecule has 2 aromatic rings. The number of aromatic hydroxyl groups is 1. The molecule has 4 N–H and O–H groups in total. The van der Waals surface area contributed by atoms with Crippen LogP contribution in [-0.2, 0) is 35.6 Å². The fraction of sp³-hybridized carbons (Fsp3) is 0.604. The van der Waals surface area contributed by atoms with Crippen LogP contribution in [0.1, 0.15) is 83.6 Å². The minimum Gasteiger partial charge on any atom is -0.551 e. The smallest absolute Gasteiger partial charge is 0.551 e. The second kappa shape index (κ2) is 19.9. The van der Waals surface area contributed by atoms with Gasteiger partial charge in [-0.1, -0.05) is 26.0 Å². The number of benzene rings is 1. The van der Waals surface area contributed by atoms with Gasteiger partial charge in [0.05, 0.1) is 19.3 Å². The number of hydroxylamine groups is 1. The van der Waals surface area contributed by atoms with Crippen LogP contribution in [0.3, 0.4) is 0 Å². The number of piperidine rings is 2. The largest absolute Gasteiger partial charge is 3.00 e. The van der Waals surface area contributed by atoms with Gasteiger partial charge in [0.15, 0.2) is 0 Å². The predicted molar refractivity (Wildman–Crippen MR) is 233 cm³/mol. The Hall–Kier alpha value is -3.81. The second-order valence-electron chi connectivity index (χ2n) is 18.4. The zero-order valence-electron chi connectivity index (χ0n) is 36.8. The molecule has 4 atom stereocenters. The van der Waals surface area contributed by atoms with Crippen LogP contribution >= 0.6 is 0 Å². The maximum Gasteiger partial charge on any atom is 3.00 e. The molecular weight excluding hydrogens is 829 g/mol. The van der Waals surface area contributed by atoms with Gasteiger partial charge in [-0.2, -0.15) is 5.70 Å². The number of hydrogen-bond donors (Lipinski definition) is 3. The number of phenolic OH excluding ortho intramolecular Hbond substituents is 1. The number of nitrogens with one attached hydrogen (secondary N) is 1. The minimum atomic E-state index is -0.387. The summed E-state index contributed by atoms with van der Waals surface area (Å²) in [5, 5.41) is 10.2. The number of para-hydroxylation sites is 1. The first-order valence-corrected chi connectivity index (χ1v) is 22.4. The van der Waals surface area contributed by atoms with Gasteiger partial charge in [0.2, 0.25) is 5.88 Å². The maximum absolute atomic E-state index is 12.4. The predicted octanol–water partition coefficient (Wildman–Crippen LogP) is 5.72. The van der Waals surface area contributed by atoms with Crippen LogP contribution in [0.2, 0.25) is 0 Å². The van der Waals surface area contributed by atoms with Gasteiger partial charge in [0, 0.05) is 93.4 Å². The number of methoxy groups -OCH3 is 1. The van der Waals surface area contributed by atoms with Crippen LogP contribution in [0.4, 0.5) is 5.69 Å². The molecule has 1 aromatic carbocycles. The Labute approximate surface area is 378 Å². The monoisotopic (exact) mass is 894 g/mol. The van der Waals surface area contributed by atoms with Crippen molar-refractivity contribution >= 4 is 11.7 Å². The zero-order chi connectivity index (χ0) is 41.4. The molecule has 2 aliphatic carbocycles. The van der Waals surface area contributed by atoms with E-state index in [0.29, 0.717) is 40.9 Å². The van der Waals surface area contributed by atoms with E-state index >= 15 is 0 Å². The molecule has 2 saturated carbocycles. The maximum atomic E-state index is 12.4. The van der Waals surface area contributed by atoms with Crippen molar-refractivity contribution in [2.24, 2.45) is 23.5 Å². The zero-order valence-corrected chi connectivity index (χ0v) is 37.8. The van der Waals surface area contributed by atoms with E-state index in [0.717, 1.165) is 95.1 Å². The van der Waals surface area contributed by atoms with Crippen molar-refractivity contribution in [2.45, 2.75) is 120 Å². The van der Waals surface area contributed by atoms with E-state index in [1.54, 1.807) is 12.1 Å². The standard InChI is InChI=1S/C47H63N7O6.CH3.Ni/c1-31(2)45(46(56)57-3)42-27-43(50-60-42)51-20-13-33(14-21-51)47(17-18-47)53-22-15-38(16-23-53)58-39-25-40(26-39)59-44-24-34(12-19-49-44)54-36-10-11-37(54)30-52(29-36)35(28-48)9-8-32-6-4-5-7-41(32)55;;/h4-7,9,12,19,24,27,31,33,36-40,43,45,50,55H,10-11,13-18,20-23,25-26,29-30,48H2,1-3H3;1H3;/q-2;-1;+3. The SMILES string of the molecule is COC(=O)C(C1=CC(N2CCC(C3(N4CCC(OC5CC(Oc6cc(N7C8CCC7CN(C(=[C-]N)C=[C-]c7ccccc7O)C8)ccn6)C5)CC4)CC3)CC2)NO1)C(C)C.[CH3-].[Ni+3]. The van der Waals surface area contributed by atoms with E-state index in [1.807, 2.05) is 38.3 Å². The molecule has 5 aliphatic heterocycles. The van der Waals surface area contributed by atoms with Crippen molar-refractivity contribution in [3.8, 4) is 11.6 Å². The number of piperazine rings is 1. The number of allylic oxidation sites excluding steroid dienone is 1. The summed E-state index contributed by atoms with van der Waals surface area (Å²) in [6.07, 6.45) is 23.8. The number of anilines is 1. The number of carbonyl (C=O) groups excluding carboxylic acids is 1. The van der Waals surface area contributed by atoms with Gasteiger partial charge in [-0.3, -0.25) is 20.7 Å². The Morgan fingerprint density at radius 1 is 1.00 bits per heavy atom. The number of ether oxygens (including phenoxy) is 3. The van der Waals surface area contributed by atoms with Gasteiger partial charge < -0.3 is 47.1 Å². The molecule has 14 heteroatoms. The van der Waals surface area contributed by atoms with Crippen molar-refractivity contribution in [3.63, 3.8) is 0 Å². The molecule has 4 saturated heterocycles. The quantitative estimate of drug-likeness (QED) is 0.0702. The number of rotatable bonds is 14. The number of carbonyl (C=O) groups is 1. The number of phenols is 1. The van der Waals surface area contributed by atoms with Crippen molar-refractivity contribution < 1.29 is 45.4 Å². The first-order chi connectivity index (χ1) is 29.2. The first-order valence-electron chi connectivity index (χ1n) is 22.4. The van der Waals surface area contributed by atoms with Crippen molar-refractivity contribution in [1.82, 2.24) is 25.2 Å². The molecule has 0 spiro atoms. The van der Waals surface area contributed by atoms with Crippen LogP contribution in [0.25, 0.3) is 0 Å². The van der Waals surface area contributed by atoms with Gasteiger partial charge in [-0.05, 0) is 75.3 Å². The van der Waals surface area contributed by atoms with Gasteiger partial charge in [0.1, 0.15) is 23.9 Å². The molecule has 339 valence electrons. The van der Waals surface area contributed by atoms with E-state index in [9.17, 15) is 9.90 Å².